The van der Waals surface area contributed by atoms with Gasteiger partial charge >= 0.3 is 0 Å². The smallest absolute Gasteiger partial charge is 0.225 e. The molecule has 1 amide bonds. The highest BCUT2D eigenvalue weighted by Crippen LogP contribution is 2.11. The van der Waals surface area contributed by atoms with Crippen molar-refractivity contribution in [1.82, 2.24) is 10.6 Å². The summed E-state index contributed by atoms with van der Waals surface area (Å²) in [5.41, 5.74) is -0.362. The van der Waals surface area contributed by atoms with Crippen LogP contribution >= 0.6 is 0 Å². The second kappa shape index (κ2) is 15.5. The van der Waals surface area contributed by atoms with Gasteiger partial charge in [-0.2, -0.15) is 0 Å². The molecule has 0 fully saturated rings. The Bertz CT molecular complexity index is 319. The van der Waals surface area contributed by atoms with Crippen LogP contribution in [0.2, 0.25) is 0 Å². The molecule has 0 heterocycles. The molecule has 150 valence electrons. The number of nitrogens with one attached hydrogen (secondary N) is 2. The Labute approximate surface area is 153 Å². The van der Waals surface area contributed by atoms with Crippen molar-refractivity contribution in [2.75, 3.05) is 65.9 Å². The van der Waals surface area contributed by atoms with Crippen LogP contribution in [0.25, 0.3) is 0 Å². The van der Waals surface area contributed by atoms with Gasteiger partial charge in [0.15, 0.2) is 0 Å². The number of carbonyl (C=O) groups is 1. The van der Waals surface area contributed by atoms with E-state index in [2.05, 4.69) is 24.5 Å². The van der Waals surface area contributed by atoms with Crippen molar-refractivity contribution in [2.45, 2.75) is 40.7 Å². The fourth-order valence-electron chi connectivity index (χ4n) is 1.68. The first-order valence-corrected chi connectivity index (χ1v) is 9.16. The lowest BCUT2D eigenvalue weighted by atomic mass is 9.96. The molecule has 0 spiro atoms. The minimum atomic E-state index is -0.362. The standard InChI is InChI=1S/C18H38N2O5/c1-16(2)19-6-8-22-10-12-24-14-15-25-13-11-23-9-7-20-17(21)18(3,4)5/h16,19H,6-15H2,1-5H3,(H,20,21). The zero-order valence-electron chi connectivity index (χ0n) is 16.7. The van der Waals surface area contributed by atoms with E-state index in [-0.39, 0.29) is 11.3 Å². The number of amides is 1. The maximum absolute atomic E-state index is 11.6. The summed E-state index contributed by atoms with van der Waals surface area (Å²) in [7, 11) is 0. The lowest BCUT2D eigenvalue weighted by molar-refractivity contribution is -0.128. The van der Waals surface area contributed by atoms with E-state index >= 15 is 0 Å². The molecule has 0 saturated heterocycles. The lowest BCUT2D eigenvalue weighted by Crippen LogP contribution is -2.36. The number of rotatable bonds is 16. The average Bonchev–Trinajstić information content (AvgIpc) is 2.53. The average molecular weight is 363 g/mol. The normalized spacial score (nSPS) is 11.9. The van der Waals surface area contributed by atoms with Crippen LogP contribution in [0.5, 0.6) is 0 Å². The predicted molar refractivity (Wildman–Crippen MR) is 98.9 cm³/mol. The van der Waals surface area contributed by atoms with E-state index in [1.54, 1.807) is 0 Å². The Morgan fingerprint density at radius 3 is 1.56 bits per heavy atom. The quantitative estimate of drug-likeness (QED) is 0.402. The van der Waals surface area contributed by atoms with E-state index in [1.165, 1.54) is 0 Å². The minimum absolute atomic E-state index is 0.0321. The number of carbonyl (C=O) groups excluding carboxylic acids is 1. The predicted octanol–water partition coefficient (Wildman–Crippen LogP) is 1.21. The monoisotopic (exact) mass is 362 g/mol. The Hall–Kier alpha value is -0.730. The first-order chi connectivity index (χ1) is 11.8. The van der Waals surface area contributed by atoms with Gasteiger partial charge in [-0.1, -0.05) is 34.6 Å². The molecule has 7 heteroatoms. The number of hydrogen-bond donors (Lipinski definition) is 2. The van der Waals surface area contributed by atoms with Crippen LogP contribution in [0.4, 0.5) is 0 Å². The summed E-state index contributed by atoms with van der Waals surface area (Å²) in [6.07, 6.45) is 0. The second-order valence-corrected chi connectivity index (χ2v) is 7.06. The summed E-state index contributed by atoms with van der Waals surface area (Å²) in [5.74, 6) is 0.0321. The van der Waals surface area contributed by atoms with Crippen molar-refractivity contribution in [3.8, 4) is 0 Å². The van der Waals surface area contributed by atoms with E-state index in [1.807, 2.05) is 20.8 Å². The third kappa shape index (κ3) is 17.9. The van der Waals surface area contributed by atoms with Crippen LogP contribution in [0.15, 0.2) is 0 Å². The Morgan fingerprint density at radius 1 is 0.760 bits per heavy atom. The summed E-state index contributed by atoms with van der Waals surface area (Å²) in [4.78, 5) is 11.6. The lowest BCUT2D eigenvalue weighted by Gasteiger charge is -2.17. The van der Waals surface area contributed by atoms with Gasteiger partial charge in [-0.25, -0.2) is 0 Å². The van der Waals surface area contributed by atoms with Crippen molar-refractivity contribution in [3.05, 3.63) is 0 Å². The van der Waals surface area contributed by atoms with Crippen LogP contribution in [0.1, 0.15) is 34.6 Å². The largest absolute Gasteiger partial charge is 0.378 e. The number of hydrogen-bond acceptors (Lipinski definition) is 6. The van der Waals surface area contributed by atoms with Crippen molar-refractivity contribution in [2.24, 2.45) is 5.41 Å². The SMILES string of the molecule is CC(C)NCCOCCOCCOCCOCCNC(=O)C(C)(C)C. The van der Waals surface area contributed by atoms with Gasteiger partial charge in [-0.3, -0.25) is 4.79 Å². The van der Waals surface area contributed by atoms with Gasteiger partial charge in [0.1, 0.15) is 0 Å². The molecule has 0 bridgehead atoms. The molecule has 0 rings (SSSR count). The molecule has 0 aliphatic rings. The molecule has 0 aromatic carbocycles. The van der Waals surface area contributed by atoms with Crippen molar-refractivity contribution >= 4 is 5.91 Å². The van der Waals surface area contributed by atoms with Crippen LogP contribution in [0.3, 0.4) is 0 Å². The van der Waals surface area contributed by atoms with E-state index in [0.29, 0.717) is 65.4 Å². The molecule has 0 aromatic rings. The van der Waals surface area contributed by atoms with E-state index < -0.39 is 0 Å². The third-order valence-electron chi connectivity index (χ3n) is 3.13. The summed E-state index contributed by atoms with van der Waals surface area (Å²) < 4.78 is 21.6. The van der Waals surface area contributed by atoms with E-state index in [9.17, 15) is 4.79 Å². The van der Waals surface area contributed by atoms with Gasteiger partial charge in [-0.05, 0) is 0 Å². The molecule has 0 radical (unpaired) electrons. The van der Waals surface area contributed by atoms with Gasteiger partial charge in [0.2, 0.25) is 5.91 Å². The molecular weight excluding hydrogens is 324 g/mol. The zero-order chi connectivity index (χ0) is 19.0. The highest BCUT2D eigenvalue weighted by atomic mass is 16.6. The van der Waals surface area contributed by atoms with E-state index in [0.717, 1.165) is 6.54 Å². The van der Waals surface area contributed by atoms with Gasteiger partial charge < -0.3 is 29.6 Å². The molecule has 0 atom stereocenters. The summed E-state index contributed by atoms with van der Waals surface area (Å²) in [6, 6.07) is 0.489. The van der Waals surface area contributed by atoms with Crippen molar-refractivity contribution in [3.63, 3.8) is 0 Å². The van der Waals surface area contributed by atoms with Crippen LogP contribution in [0, 0.1) is 5.41 Å². The Morgan fingerprint density at radius 2 is 1.16 bits per heavy atom. The van der Waals surface area contributed by atoms with Crippen LogP contribution in [-0.2, 0) is 23.7 Å². The zero-order valence-corrected chi connectivity index (χ0v) is 16.7. The first kappa shape index (κ1) is 24.3. The van der Waals surface area contributed by atoms with Crippen molar-refractivity contribution < 1.29 is 23.7 Å². The van der Waals surface area contributed by atoms with E-state index in [4.69, 9.17) is 18.9 Å². The molecule has 0 aromatic heterocycles. The van der Waals surface area contributed by atoms with Crippen LogP contribution in [-0.4, -0.2) is 77.9 Å². The van der Waals surface area contributed by atoms with Crippen LogP contribution < -0.4 is 10.6 Å². The highest BCUT2D eigenvalue weighted by molar-refractivity contribution is 5.81. The molecule has 0 aliphatic heterocycles. The molecule has 0 aliphatic carbocycles. The van der Waals surface area contributed by atoms with Crippen molar-refractivity contribution in [1.29, 1.82) is 0 Å². The van der Waals surface area contributed by atoms with Gasteiger partial charge in [0.25, 0.3) is 0 Å². The summed E-state index contributed by atoms with van der Waals surface area (Å²) >= 11 is 0. The molecule has 0 unspecified atom stereocenters. The van der Waals surface area contributed by atoms with Gasteiger partial charge in [0, 0.05) is 24.5 Å². The fourth-order valence-corrected chi connectivity index (χ4v) is 1.68. The molecule has 0 saturated carbocycles. The maximum Gasteiger partial charge on any atom is 0.225 e. The maximum atomic E-state index is 11.6. The second-order valence-electron chi connectivity index (χ2n) is 7.06. The van der Waals surface area contributed by atoms with Gasteiger partial charge in [-0.15, -0.1) is 0 Å². The number of ether oxygens (including phenoxy) is 4. The molecular formula is C18H38N2O5. The summed E-state index contributed by atoms with van der Waals surface area (Å²) in [5, 5.41) is 6.11. The topological polar surface area (TPSA) is 78.1 Å². The summed E-state index contributed by atoms with van der Waals surface area (Å²) in [6.45, 7) is 15.7. The van der Waals surface area contributed by atoms with Gasteiger partial charge in [0.05, 0.1) is 52.9 Å². The molecule has 7 nitrogen and oxygen atoms in total. The Balaban J connectivity index is 3.13. The highest BCUT2D eigenvalue weighted by Gasteiger charge is 2.20. The fraction of sp³-hybridized carbons (Fsp3) is 0.944. The minimum Gasteiger partial charge on any atom is -0.378 e. The first-order valence-electron chi connectivity index (χ1n) is 9.16. The molecule has 25 heavy (non-hydrogen) atoms. The third-order valence-corrected chi connectivity index (χ3v) is 3.13. The molecule has 2 N–H and O–H groups in total. The Kier molecular flexibility index (Phi) is 15.1.